The van der Waals surface area contributed by atoms with Gasteiger partial charge in [-0.2, -0.15) is 0 Å². The lowest BCUT2D eigenvalue weighted by molar-refractivity contribution is -0.118. The molecule has 1 fully saturated rings. The molecule has 0 spiro atoms. The summed E-state index contributed by atoms with van der Waals surface area (Å²) in [4.78, 5) is 15.7. The molecule has 0 saturated heterocycles. The number of carbonyl (C=O) groups is 1. The van der Waals surface area contributed by atoms with Crippen molar-refractivity contribution >= 4 is 24.0 Å². The molecule has 1 amide bonds. The molecule has 3 aliphatic rings. The van der Waals surface area contributed by atoms with Gasteiger partial charge < -0.3 is 21.1 Å². The Labute approximate surface area is 178 Å². The van der Waals surface area contributed by atoms with Crippen LogP contribution in [0.1, 0.15) is 39.0 Å². The lowest BCUT2D eigenvalue weighted by atomic mass is 9.79. The summed E-state index contributed by atoms with van der Waals surface area (Å²) >= 11 is 0. The molecule has 2 aliphatic carbocycles. The predicted molar refractivity (Wildman–Crippen MR) is 122 cm³/mol. The molecule has 4 N–H and O–H groups in total. The number of allylic oxidation sites excluding steroid dienone is 5. The van der Waals surface area contributed by atoms with Gasteiger partial charge in [0.2, 0.25) is 0 Å². The van der Waals surface area contributed by atoms with Crippen molar-refractivity contribution in [3.05, 3.63) is 52.9 Å². The fourth-order valence-electron chi connectivity index (χ4n) is 4.58. The highest BCUT2D eigenvalue weighted by molar-refractivity contribution is 5.96. The highest BCUT2D eigenvalue weighted by Gasteiger charge is 2.25. The van der Waals surface area contributed by atoms with Crippen LogP contribution in [-0.2, 0) is 4.79 Å². The average molecular weight is 407 g/mol. The van der Waals surface area contributed by atoms with Crippen LogP contribution in [0.5, 0.6) is 5.75 Å². The van der Waals surface area contributed by atoms with E-state index in [1.165, 1.54) is 0 Å². The minimum atomic E-state index is -0.112. The smallest absolute Gasteiger partial charge is 0.262 e. The van der Waals surface area contributed by atoms with E-state index in [4.69, 9.17) is 10.5 Å². The number of aliphatic imine (C=N–C) groups is 1. The Hall–Kier alpha value is -3.02. The number of hydrogen-bond donors (Lipinski definition) is 3. The summed E-state index contributed by atoms with van der Waals surface area (Å²) in [5.41, 5.74) is 12.6. The average Bonchev–Trinajstić information content (AvgIpc) is 3.25. The summed E-state index contributed by atoms with van der Waals surface area (Å²) in [6.07, 6.45) is 9.61. The first-order valence-electron chi connectivity index (χ1n) is 10.7. The van der Waals surface area contributed by atoms with Gasteiger partial charge in [0.05, 0.1) is 11.4 Å². The zero-order valence-corrected chi connectivity index (χ0v) is 17.5. The van der Waals surface area contributed by atoms with Crippen LogP contribution in [0.15, 0.2) is 57.9 Å². The van der Waals surface area contributed by atoms with Crippen LogP contribution in [0.4, 0.5) is 11.4 Å². The van der Waals surface area contributed by atoms with Crippen LogP contribution in [0.3, 0.4) is 0 Å². The van der Waals surface area contributed by atoms with Crippen molar-refractivity contribution < 1.29 is 9.53 Å². The van der Waals surface area contributed by atoms with E-state index in [9.17, 15) is 4.79 Å². The lowest BCUT2D eigenvalue weighted by Gasteiger charge is -2.30. The molecule has 6 nitrogen and oxygen atoms in total. The number of carbonyl (C=O) groups excluding carboxylic acids is 1. The Balaban J connectivity index is 1.31. The van der Waals surface area contributed by atoms with Gasteiger partial charge in [0.25, 0.3) is 5.91 Å². The molecular weight excluding hydrogens is 376 g/mol. The van der Waals surface area contributed by atoms with Crippen LogP contribution < -0.4 is 21.1 Å². The lowest BCUT2D eigenvalue weighted by Crippen LogP contribution is -2.26. The Morgan fingerprint density at radius 2 is 2.13 bits per heavy atom. The molecule has 0 unspecified atom stereocenters. The Morgan fingerprint density at radius 1 is 1.33 bits per heavy atom. The van der Waals surface area contributed by atoms with Crippen LogP contribution in [0.25, 0.3) is 0 Å². The van der Waals surface area contributed by atoms with E-state index in [1.807, 2.05) is 18.2 Å². The third-order valence-corrected chi connectivity index (χ3v) is 6.43. The summed E-state index contributed by atoms with van der Waals surface area (Å²) < 4.78 is 5.42. The van der Waals surface area contributed by atoms with Crippen molar-refractivity contribution in [3.8, 4) is 5.75 Å². The standard InChI is InChI=1S/C24H30N4O2/c1-15(19-4-3-5-20(19)26-2)24(25)17-8-6-16(7-9-17)13-27-18-10-11-22-21(12-18)28-23(29)14-30-22/h3-4,10-12,16-17,27H,2,5-9,13-14,25H2,1H3,(H,28,29)/b24-15+. The first-order valence-corrected chi connectivity index (χ1v) is 10.7. The van der Waals surface area contributed by atoms with Gasteiger partial charge in [-0.3, -0.25) is 9.79 Å². The van der Waals surface area contributed by atoms with Crippen LogP contribution in [0, 0.1) is 11.8 Å². The van der Waals surface area contributed by atoms with Crippen molar-refractivity contribution in [1.82, 2.24) is 0 Å². The molecule has 1 aromatic rings. The molecule has 1 saturated carbocycles. The largest absolute Gasteiger partial charge is 0.482 e. The Kier molecular flexibility index (Phi) is 5.93. The molecule has 6 heteroatoms. The van der Waals surface area contributed by atoms with Crippen molar-refractivity contribution in [2.24, 2.45) is 22.6 Å². The third kappa shape index (κ3) is 4.27. The quantitative estimate of drug-likeness (QED) is 0.612. The molecule has 0 aromatic heterocycles. The van der Waals surface area contributed by atoms with Gasteiger partial charge in [-0.25, -0.2) is 0 Å². The van der Waals surface area contributed by atoms with E-state index in [-0.39, 0.29) is 12.5 Å². The minimum absolute atomic E-state index is 0.0824. The fourth-order valence-corrected chi connectivity index (χ4v) is 4.58. The van der Waals surface area contributed by atoms with Gasteiger partial charge in [0.1, 0.15) is 5.75 Å². The Bertz CT molecular complexity index is 937. The van der Waals surface area contributed by atoms with Crippen molar-refractivity contribution in [3.63, 3.8) is 0 Å². The first-order chi connectivity index (χ1) is 14.5. The fraction of sp³-hybridized carbons (Fsp3) is 0.417. The SMILES string of the molecule is C=NC1=C(/C(C)=C(/N)C2CCC(CNc3ccc4c(c3)NC(=O)CO4)CC2)C=CC1. The molecule has 158 valence electrons. The maximum absolute atomic E-state index is 11.5. The van der Waals surface area contributed by atoms with Gasteiger partial charge in [0, 0.05) is 29.9 Å². The highest BCUT2D eigenvalue weighted by Crippen LogP contribution is 2.36. The predicted octanol–water partition coefficient (Wildman–Crippen LogP) is 4.38. The zero-order chi connectivity index (χ0) is 21.1. The van der Waals surface area contributed by atoms with Crippen LogP contribution >= 0.6 is 0 Å². The van der Waals surface area contributed by atoms with Crippen LogP contribution in [-0.4, -0.2) is 25.8 Å². The number of nitrogens with two attached hydrogens (primary N) is 1. The number of fused-ring (bicyclic) bond motifs is 1. The summed E-state index contributed by atoms with van der Waals surface area (Å²) in [5.74, 6) is 1.66. The van der Waals surface area contributed by atoms with E-state index in [0.29, 0.717) is 11.8 Å². The topological polar surface area (TPSA) is 88.7 Å². The van der Waals surface area contributed by atoms with Crippen molar-refractivity contribution in [2.75, 3.05) is 23.8 Å². The molecular formula is C24H30N4O2. The number of anilines is 2. The summed E-state index contributed by atoms with van der Waals surface area (Å²) in [5, 5.41) is 6.37. The molecule has 1 heterocycles. The third-order valence-electron chi connectivity index (χ3n) is 6.43. The summed E-state index contributed by atoms with van der Waals surface area (Å²) in [6.45, 7) is 6.79. The maximum atomic E-state index is 11.5. The summed E-state index contributed by atoms with van der Waals surface area (Å²) in [6, 6.07) is 5.84. The van der Waals surface area contributed by atoms with E-state index in [2.05, 4.69) is 41.4 Å². The second-order valence-corrected chi connectivity index (χ2v) is 8.35. The van der Waals surface area contributed by atoms with E-state index in [0.717, 1.165) is 78.3 Å². The number of ether oxygens (including phenoxy) is 1. The molecule has 0 bridgehead atoms. The Morgan fingerprint density at radius 3 is 2.90 bits per heavy atom. The monoisotopic (exact) mass is 406 g/mol. The molecule has 0 atom stereocenters. The number of hydrogen-bond acceptors (Lipinski definition) is 5. The normalized spacial score (nSPS) is 24.0. The second kappa shape index (κ2) is 8.78. The first kappa shape index (κ1) is 20.3. The van der Waals surface area contributed by atoms with E-state index >= 15 is 0 Å². The van der Waals surface area contributed by atoms with Gasteiger partial charge in [-0.05, 0) is 74.9 Å². The molecule has 1 aliphatic heterocycles. The minimum Gasteiger partial charge on any atom is -0.482 e. The van der Waals surface area contributed by atoms with E-state index < -0.39 is 0 Å². The number of rotatable bonds is 6. The molecule has 0 radical (unpaired) electrons. The van der Waals surface area contributed by atoms with E-state index in [1.54, 1.807) is 0 Å². The molecule has 4 rings (SSSR count). The van der Waals surface area contributed by atoms with Gasteiger partial charge in [-0.15, -0.1) is 0 Å². The number of amides is 1. The number of nitrogens with one attached hydrogen (secondary N) is 2. The van der Waals surface area contributed by atoms with Gasteiger partial charge in [0.15, 0.2) is 6.61 Å². The molecule has 1 aromatic carbocycles. The van der Waals surface area contributed by atoms with Gasteiger partial charge >= 0.3 is 0 Å². The highest BCUT2D eigenvalue weighted by atomic mass is 16.5. The second-order valence-electron chi connectivity index (χ2n) is 8.35. The molecule has 30 heavy (non-hydrogen) atoms. The zero-order valence-electron chi connectivity index (χ0n) is 17.5. The van der Waals surface area contributed by atoms with Crippen molar-refractivity contribution in [2.45, 2.75) is 39.0 Å². The summed E-state index contributed by atoms with van der Waals surface area (Å²) in [7, 11) is 0. The number of benzene rings is 1. The van der Waals surface area contributed by atoms with Crippen LogP contribution in [0.2, 0.25) is 0 Å². The maximum Gasteiger partial charge on any atom is 0.262 e. The van der Waals surface area contributed by atoms with Crippen molar-refractivity contribution in [1.29, 1.82) is 0 Å². The van der Waals surface area contributed by atoms with Gasteiger partial charge in [-0.1, -0.05) is 12.2 Å². The number of nitrogens with zero attached hydrogens (tertiary/aromatic N) is 1.